The summed E-state index contributed by atoms with van der Waals surface area (Å²) in [6, 6.07) is 18.9. The molecule has 2 aromatic carbocycles. The molecule has 5 heteroatoms. The monoisotopic (exact) mass is 322 g/mol. The van der Waals surface area contributed by atoms with Crippen LogP contribution in [0.3, 0.4) is 0 Å². The van der Waals surface area contributed by atoms with E-state index in [-0.39, 0.29) is 18.8 Å². The summed E-state index contributed by atoms with van der Waals surface area (Å²) < 4.78 is 11.1. The van der Waals surface area contributed by atoms with Crippen molar-refractivity contribution in [3.63, 3.8) is 0 Å². The van der Waals surface area contributed by atoms with Crippen molar-refractivity contribution in [3.05, 3.63) is 71.3 Å². The van der Waals surface area contributed by atoms with Gasteiger partial charge in [-0.25, -0.2) is 4.79 Å². The molecule has 0 aliphatic carbocycles. The van der Waals surface area contributed by atoms with Crippen molar-refractivity contribution < 1.29 is 14.3 Å². The highest BCUT2D eigenvalue weighted by atomic mass is 16.6. The highest BCUT2D eigenvalue weighted by molar-refractivity contribution is 5.67. The summed E-state index contributed by atoms with van der Waals surface area (Å²) in [5.74, 6) is 0. The lowest BCUT2D eigenvalue weighted by Gasteiger charge is -2.32. The number of carbonyl (C=O) groups excluding carboxylic acids is 1. The maximum absolute atomic E-state index is 12.3. The third kappa shape index (κ3) is 3.92. The first kappa shape index (κ1) is 16.0. The molecule has 0 bridgehead atoms. The van der Waals surface area contributed by atoms with Crippen LogP contribution >= 0.6 is 0 Å². The lowest BCUT2D eigenvalue weighted by Crippen LogP contribution is -2.42. The minimum atomic E-state index is -0.333. The molecule has 1 saturated heterocycles. The van der Waals surface area contributed by atoms with E-state index in [0.717, 1.165) is 11.1 Å². The molecule has 1 aliphatic rings. The van der Waals surface area contributed by atoms with Crippen LogP contribution in [-0.4, -0.2) is 30.7 Å². The number of nitrogens with zero attached hydrogens (tertiary/aromatic N) is 2. The smallest absolute Gasteiger partial charge is 0.410 e. The highest BCUT2D eigenvalue weighted by Crippen LogP contribution is 2.23. The van der Waals surface area contributed by atoms with Crippen LogP contribution in [0.2, 0.25) is 0 Å². The molecule has 2 aromatic rings. The molecule has 0 aromatic heterocycles. The van der Waals surface area contributed by atoms with Crippen molar-refractivity contribution in [3.8, 4) is 6.07 Å². The molecule has 1 heterocycles. The molecule has 122 valence electrons. The van der Waals surface area contributed by atoms with Crippen LogP contribution in [0.5, 0.6) is 0 Å². The standard InChI is InChI=1S/C19H18N2O3/c20-12-15-6-8-17(9-7-15)18-13-21(10-11-23-18)19(22)24-14-16-4-2-1-3-5-16/h1-9,18H,10-11,13-14H2. The van der Waals surface area contributed by atoms with E-state index < -0.39 is 0 Å². The van der Waals surface area contributed by atoms with E-state index in [4.69, 9.17) is 14.7 Å². The molecule has 1 unspecified atom stereocenters. The number of hydrogen-bond donors (Lipinski definition) is 0. The first-order chi connectivity index (χ1) is 11.8. The summed E-state index contributed by atoms with van der Waals surface area (Å²) in [7, 11) is 0. The van der Waals surface area contributed by atoms with E-state index in [1.807, 2.05) is 42.5 Å². The topological polar surface area (TPSA) is 62.6 Å². The predicted molar refractivity (Wildman–Crippen MR) is 88.1 cm³/mol. The van der Waals surface area contributed by atoms with Crippen molar-refractivity contribution >= 4 is 6.09 Å². The summed E-state index contributed by atoms with van der Waals surface area (Å²) in [5.41, 5.74) is 2.52. The zero-order chi connectivity index (χ0) is 16.8. The summed E-state index contributed by atoms with van der Waals surface area (Å²) in [5, 5.41) is 8.86. The second-order valence-corrected chi connectivity index (χ2v) is 5.58. The Kier molecular flexibility index (Phi) is 5.09. The van der Waals surface area contributed by atoms with Gasteiger partial charge in [0.25, 0.3) is 0 Å². The Bertz CT molecular complexity index is 723. The van der Waals surface area contributed by atoms with Gasteiger partial charge >= 0.3 is 6.09 Å². The molecule has 0 N–H and O–H groups in total. The summed E-state index contributed by atoms with van der Waals surface area (Å²) >= 11 is 0. The first-order valence-electron chi connectivity index (χ1n) is 7.83. The fourth-order valence-corrected chi connectivity index (χ4v) is 2.60. The Morgan fingerprint density at radius 1 is 1.21 bits per heavy atom. The van der Waals surface area contributed by atoms with Crippen molar-refractivity contribution in [1.82, 2.24) is 4.90 Å². The zero-order valence-corrected chi connectivity index (χ0v) is 13.2. The lowest BCUT2D eigenvalue weighted by atomic mass is 10.1. The van der Waals surface area contributed by atoms with Gasteiger partial charge in [-0.3, -0.25) is 0 Å². The van der Waals surface area contributed by atoms with Crippen LogP contribution in [0.25, 0.3) is 0 Å². The fraction of sp³-hybridized carbons (Fsp3) is 0.263. The molecular formula is C19H18N2O3. The number of nitriles is 1. The largest absolute Gasteiger partial charge is 0.445 e. The third-order valence-electron chi connectivity index (χ3n) is 3.94. The second kappa shape index (κ2) is 7.62. The Labute approximate surface area is 141 Å². The van der Waals surface area contributed by atoms with Gasteiger partial charge in [-0.15, -0.1) is 0 Å². The van der Waals surface area contributed by atoms with Crippen molar-refractivity contribution in [1.29, 1.82) is 5.26 Å². The molecule has 0 spiro atoms. The van der Waals surface area contributed by atoms with Crippen LogP contribution in [0, 0.1) is 11.3 Å². The van der Waals surface area contributed by atoms with E-state index >= 15 is 0 Å². The highest BCUT2D eigenvalue weighted by Gasteiger charge is 2.26. The number of benzene rings is 2. The van der Waals surface area contributed by atoms with Crippen molar-refractivity contribution in [2.45, 2.75) is 12.7 Å². The Morgan fingerprint density at radius 3 is 2.67 bits per heavy atom. The molecule has 1 aliphatic heterocycles. The molecule has 5 nitrogen and oxygen atoms in total. The number of amides is 1. The quantitative estimate of drug-likeness (QED) is 0.870. The Hall–Kier alpha value is -2.84. The van der Waals surface area contributed by atoms with Gasteiger partial charge < -0.3 is 14.4 Å². The molecule has 0 saturated carbocycles. The van der Waals surface area contributed by atoms with Gasteiger partial charge in [0, 0.05) is 6.54 Å². The number of morpholine rings is 1. The zero-order valence-electron chi connectivity index (χ0n) is 13.2. The van der Waals surface area contributed by atoms with Crippen LogP contribution < -0.4 is 0 Å². The predicted octanol–water partition coefficient (Wildman–Crippen LogP) is 3.27. The summed E-state index contributed by atoms with van der Waals surface area (Å²) in [4.78, 5) is 13.9. The van der Waals surface area contributed by atoms with Crippen molar-refractivity contribution in [2.24, 2.45) is 0 Å². The minimum Gasteiger partial charge on any atom is -0.445 e. The SMILES string of the molecule is N#Cc1ccc(C2CN(C(=O)OCc3ccccc3)CCO2)cc1. The number of carbonyl (C=O) groups is 1. The maximum Gasteiger partial charge on any atom is 0.410 e. The fourth-order valence-electron chi connectivity index (χ4n) is 2.60. The summed E-state index contributed by atoms with van der Waals surface area (Å²) in [6.07, 6.45) is -0.531. The molecule has 3 rings (SSSR count). The Balaban J connectivity index is 1.58. The number of hydrogen-bond acceptors (Lipinski definition) is 4. The average molecular weight is 322 g/mol. The van der Waals surface area contributed by atoms with Gasteiger partial charge in [-0.1, -0.05) is 42.5 Å². The van der Waals surface area contributed by atoms with Crippen LogP contribution in [-0.2, 0) is 16.1 Å². The third-order valence-corrected chi connectivity index (χ3v) is 3.94. The normalized spacial score (nSPS) is 17.1. The number of rotatable bonds is 3. The average Bonchev–Trinajstić information content (AvgIpc) is 2.67. The molecule has 1 fully saturated rings. The van der Waals surface area contributed by atoms with Gasteiger partial charge in [0.15, 0.2) is 0 Å². The number of ether oxygens (including phenoxy) is 2. The van der Waals surface area contributed by atoms with Gasteiger partial charge in [-0.2, -0.15) is 5.26 Å². The molecule has 1 amide bonds. The van der Waals surface area contributed by atoms with Gasteiger partial charge in [0.05, 0.1) is 24.8 Å². The van der Waals surface area contributed by atoms with E-state index in [1.54, 1.807) is 17.0 Å². The first-order valence-corrected chi connectivity index (χ1v) is 7.83. The molecule has 0 radical (unpaired) electrons. The van der Waals surface area contributed by atoms with Crippen LogP contribution in [0.15, 0.2) is 54.6 Å². The van der Waals surface area contributed by atoms with E-state index in [9.17, 15) is 4.79 Å². The minimum absolute atomic E-state index is 0.198. The lowest BCUT2D eigenvalue weighted by molar-refractivity contribution is -0.0296. The molecular weight excluding hydrogens is 304 g/mol. The van der Waals surface area contributed by atoms with Crippen molar-refractivity contribution in [2.75, 3.05) is 19.7 Å². The van der Waals surface area contributed by atoms with E-state index in [1.165, 1.54) is 0 Å². The van der Waals surface area contributed by atoms with Crippen LogP contribution in [0.4, 0.5) is 4.79 Å². The van der Waals surface area contributed by atoms with Gasteiger partial charge in [0.1, 0.15) is 12.7 Å². The van der Waals surface area contributed by atoms with E-state index in [0.29, 0.717) is 25.3 Å². The molecule has 1 atom stereocenters. The Morgan fingerprint density at radius 2 is 1.96 bits per heavy atom. The van der Waals surface area contributed by atoms with Gasteiger partial charge in [0.2, 0.25) is 0 Å². The maximum atomic E-state index is 12.3. The van der Waals surface area contributed by atoms with Crippen LogP contribution in [0.1, 0.15) is 22.8 Å². The van der Waals surface area contributed by atoms with E-state index in [2.05, 4.69) is 6.07 Å². The van der Waals surface area contributed by atoms with Gasteiger partial charge in [-0.05, 0) is 23.3 Å². The molecule has 24 heavy (non-hydrogen) atoms. The second-order valence-electron chi connectivity index (χ2n) is 5.58. The summed E-state index contributed by atoms with van der Waals surface area (Å²) in [6.45, 7) is 1.68.